The summed E-state index contributed by atoms with van der Waals surface area (Å²) in [5, 5.41) is 3.08. The molecule has 0 fully saturated rings. The number of nitrogens with zero attached hydrogens (tertiary/aromatic N) is 2. The highest BCUT2D eigenvalue weighted by molar-refractivity contribution is 5.61. The SMILES string of the molecule is CNc1nc(-c2ccoc2C)nc(C)c1C. The van der Waals surface area contributed by atoms with E-state index >= 15 is 0 Å². The van der Waals surface area contributed by atoms with Gasteiger partial charge in [-0.1, -0.05) is 0 Å². The van der Waals surface area contributed by atoms with Crippen molar-refractivity contribution >= 4 is 5.82 Å². The molecule has 0 aromatic carbocycles. The normalized spacial score (nSPS) is 10.5. The zero-order valence-electron chi connectivity index (χ0n) is 9.96. The van der Waals surface area contributed by atoms with Gasteiger partial charge < -0.3 is 9.73 Å². The van der Waals surface area contributed by atoms with E-state index in [0.717, 1.165) is 28.4 Å². The van der Waals surface area contributed by atoms with Crippen LogP contribution < -0.4 is 5.32 Å². The summed E-state index contributed by atoms with van der Waals surface area (Å²) in [6, 6.07) is 1.89. The maximum absolute atomic E-state index is 5.26. The Morgan fingerprint density at radius 3 is 2.50 bits per heavy atom. The third-order valence-electron chi connectivity index (χ3n) is 2.73. The van der Waals surface area contributed by atoms with Crippen molar-refractivity contribution in [2.24, 2.45) is 0 Å². The third-order valence-corrected chi connectivity index (χ3v) is 2.73. The van der Waals surface area contributed by atoms with E-state index in [9.17, 15) is 0 Å². The van der Waals surface area contributed by atoms with Gasteiger partial charge in [0.25, 0.3) is 0 Å². The molecule has 0 amide bonds. The fourth-order valence-corrected chi connectivity index (χ4v) is 1.61. The molecule has 0 saturated heterocycles. The molecule has 0 aliphatic carbocycles. The number of rotatable bonds is 2. The van der Waals surface area contributed by atoms with Crippen molar-refractivity contribution in [3.63, 3.8) is 0 Å². The highest BCUT2D eigenvalue weighted by atomic mass is 16.3. The van der Waals surface area contributed by atoms with Crippen molar-refractivity contribution in [1.82, 2.24) is 9.97 Å². The highest BCUT2D eigenvalue weighted by Gasteiger charge is 2.11. The molecule has 2 aromatic rings. The van der Waals surface area contributed by atoms with Gasteiger partial charge in [-0.05, 0) is 26.8 Å². The standard InChI is InChI=1S/C12H15N3O/c1-7-8(2)14-12(15-11(7)13-4)10-5-6-16-9(10)3/h5-6H,1-4H3,(H,13,14,15). The maximum Gasteiger partial charge on any atom is 0.165 e. The molecule has 4 nitrogen and oxygen atoms in total. The summed E-state index contributed by atoms with van der Waals surface area (Å²) in [5.74, 6) is 2.41. The lowest BCUT2D eigenvalue weighted by atomic mass is 10.2. The minimum absolute atomic E-state index is 0.707. The van der Waals surface area contributed by atoms with Crippen LogP contribution in [0.15, 0.2) is 16.7 Å². The number of aryl methyl sites for hydroxylation is 2. The molecular weight excluding hydrogens is 202 g/mol. The second kappa shape index (κ2) is 3.96. The molecule has 0 unspecified atom stereocenters. The number of anilines is 1. The van der Waals surface area contributed by atoms with Gasteiger partial charge >= 0.3 is 0 Å². The van der Waals surface area contributed by atoms with Gasteiger partial charge in [-0.2, -0.15) is 0 Å². The minimum atomic E-state index is 0.707. The first-order valence-corrected chi connectivity index (χ1v) is 5.21. The van der Waals surface area contributed by atoms with E-state index in [4.69, 9.17) is 4.42 Å². The van der Waals surface area contributed by atoms with Gasteiger partial charge in [-0.15, -0.1) is 0 Å². The van der Waals surface area contributed by atoms with E-state index in [-0.39, 0.29) is 0 Å². The Hall–Kier alpha value is -1.84. The lowest BCUT2D eigenvalue weighted by Crippen LogP contribution is -2.02. The molecule has 0 radical (unpaired) electrons. The molecule has 1 N–H and O–H groups in total. The number of aromatic nitrogens is 2. The monoisotopic (exact) mass is 217 g/mol. The minimum Gasteiger partial charge on any atom is -0.469 e. The lowest BCUT2D eigenvalue weighted by Gasteiger charge is -2.08. The summed E-state index contributed by atoms with van der Waals surface area (Å²) < 4.78 is 5.26. The second-order valence-corrected chi connectivity index (χ2v) is 3.75. The van der Waals surface area contributed by atoms with Gasteiger partial charge in [-0.25, -0.2) is 9.97 Å². The van der Waals surface area contributed by atoms with Gasteiger partial charge in [0.1, 0.15) is 11.6 Å². The van der Waals surface area contributed by atoms with E-state index in [0.29, 0.717) is 5.82 Å². The molecule has 0 aliphatic heterocycles. The molecule has 16 heavy (non-hydrogen) atoms. The molecule has 0 spiro atoms. The predicted octanol–water partition coefficient (Wildman–Crippen LogP) is 2.70. The first-order valence-electron chi connectivity index (χ1n) is 5.21. The quantitative estimate of drug-likeness (QED) is 0.840. The van der Waals surface area contributed by atoms with Crippen LogP contribution in [0.1, 0.15) is 17.0 Å². The van der Waals surface area contributed by atoms with Crippen molar-refractivity contribution in [2.75, 3.05) is 12.4 Å². The van der Waals surface area contributed by atoms with E-state index in [2.05, 4.69) is 15.3 Å². The topological polar surface area (TPSA) is 51.0 Å². The van der Waals surface area contributed by atoms with Crippen molar-refractivity contribution < 1.29 is 4.42 Å². The van der Waals surface area contributed by atoms with Gasteiger partial charge in [0.2, 0.25) is 0 Å². The number of hydrogen-bond donors (Lipinski definition) is 1. The Bertz CT molecular complexity index is 517. The summed E-state index contributed by atoms with van der Waals surface area (Å²) in [4.78, 5) is 8.95. The van der Waals surface area contributed by atoms with Crippen LogP contribution in [-0.4, -0.2) is 17.0 Å². The molecule has 4 heteroatoms. The predicted molar refractivity (Wildman–Crippen MR) is 63.5 cm³/mol. The maximum atomic E-state index is 5.26. The van der Waals surface area contributed by atoms with Gasteiger partial charge in [0.05, 0.1) is 11.8 Å². The van der Waals surface area contributed by atoms with Crippen LogP contribution in [-0.2, 0) is 0 Å². The molecule has 2 aromatic heterocycles. The summed E-state index contributed by atoms with van der Waals surface area (Å²) in [6.07, 6.45) is 1.66. The third kappa shape index (κ3) is 1.66. The molecule has 0 aliphatic rings. The van der Waals surface area contributed by atoms with E-state index in [1.807, 2.05) is 33.9 Å². The highest BCUT2D eigenvalue weighted by Crippen LogP contribution is 2.24. The van der Waals surface area contributed by atoms with Crippen molar-refractivity contribution in [2.45, 2.75) is 20.8 Å². The molecule has 2 heterocycles. The molecule has 0 atom stereocenters. The van der Waals surface area contributed by atoms with Crippen molar-refractivity contribution in [3.05, 3.63) is 29.3 Å². The van der Waals surface area contributed by atoms with E-state index in [1.54, 1.807) is 6.26 Å². The van der Waals surface area contributed by atoms with Crippen molar-refractivity contribution in [1.29, 1.82) is 0 Å². The summed E-state index contributed by atoms with van der Waals surface area (Å²) in [5.41, 5.74) is 3.00. The van der Waals surface area contributed by atoms with Gasteiger partial charge in [0.15, 0.2) is 5.82 Å². The van der Waals surface area contributed by atoms with Crippen LogP contribution in [0.2, 0.25) is 0 Å². The largest absolute Gasteiger partial charge is 0.469 e. The Morgan fingerprint density at radius 1 is 1.19 bits per heavy atom. The summed E-state index contributed by atoms with van der Waals surface area (Å²) in [7, 11) is 1.86. The average Bonchev–Trinajstić information content (AvgIpc) is 2.68. The number of hydrogen-bond acceptors (Lipinski definition) is 4. The molecule has 0 saturated carbocycles. The Balaban J connectivity index is 2.59. The smallest absolute Gasteiger partial charge is 0.165 e. The zero-order valence-corrected chi connectivity index (χ0v) is 9.96. The van der Waals surface area contributed by atoms with Crippen LogP contribution in [0.3, 0.4) is 0 Å². The number of furan rings is 1. The van der Waals surface area contributed by atoms with Crippen molar-refractivity contribution in [3.8, 4) is 11.4 Å². The Kier molecular flexibility index (Phi) is 2.64. The molecular formula is C12H15N3O. The first kappa shape index (κ1) is 10.7. The Labute approximate surface area is 94.7 Å². The molecule has 0 bridgehead atoms. The number of nitrogens with one attached hydrogen (secondary N) is 1. The fourth-order valence-electron chi connectivity index (χ4n) is 1.61. The lowest BCUT2D eigenvalue weighted by molar-refractivity contribution is 0.535. The van der Waals surface area contributed by atoms with Crippen LogP contribution in [0.4, 0.5) is 5.82 Å². The van der Waals surface area contributed by atoms with Crippen LogP contribution in [0.5, 0.6) is 0 Å². The molecule has 84 valence electrons. The van der Waals surface area contributed by atoms with E-state index < -0.39 is 0 Å². The van der Waals surface area contributed by atoms with Crippen LogP contribution >= 0.6 is 0 Å². The summed E-state index contributed by atoms with van der Waals surface area (Å²) >= 11 is 0. The molecule has 2 rings (SSSR count). The second-order valence-electron chi connectivity index (χ2n) is 3.75. The first-order chi connectivity index (χ1) is 7.63. The van der Waals surface area contributed by atoms with Crippen LogP contribution in [0, 0.1) is 20.8 Å². The van der Waals surface area contributed by atoms with Gasteiger partial charge in [-0.3, -0.25) is 0 Å². The fraction of sp³-hybridized carbons (Fsp3) is 0.333. The Morgan fingerprint density at radius 2 is 1.94 bits per heavy atom. The average molecular weight is 217 g/mol. The summed E-state index contributed by atoms with van der Waals surface area (Å²) in [6.45, 7) is 5.90. The van der Waals surface area contributed by atoms with Crippen LogP contribution in [0.25, 0.3) is 11.4 Å². The zero-order chi connectivity index (χ0) is 11.7. The van der Waals surface area contributed by atoms with E-state index in [1.165, 1.54) is 0 Å². The van der Waals surface area contributed by atoms with Gasteiger partial charge in [0, 0.05) is 18.3 Å².